The van der Waals surface area contributed by atoms with E-state index in [4.69, 9.17) is 9.47 Å². The van der Waals surface area contributed by atoms with Crippen molar-refractivity contribution >= 4 is 28.9 Å². The van der Waals surface area contributed by atoms with Gasteiger partial charge in [0.15, 0.2) is 0 Å². The van der Waals surface area contributed by atoms with Crippen molar-refractivity contribution < 1.29 is 23.9 Å². The zero-order valence-corrected chi connectivity index (χ0v) is 21.9. The molecule has 38 heavy (non-hydrogen) atoms. The van der Waals surface area contributed by atoms with Crippen molar-refractivity contribution in [1.29, 1.82) is 0 Å². The molecule has 0 radical (unpaired) electrons. The van der Waals surface area contributed by atoms with Gasteiger partial charge in [0.05, 0.1) is 18.5 Å². The number of carbonyl (C=O) groups is 3. The minimum atomic E-state index is -0.953. The largest absolute Gasteiger partial charge is 0.467 e. The summed E-state index contributed by atoms with van der Waals surface area (Å²) in [4.78, 5) is 39.5. The third-order valence-electron chi connectivity index (χ3n) is 6.71. The Morgan fingerprint density at radius 2 is 1.47 bits per heavy atom. The average Bonchev–Trinajstić information content (AvgIpc) is 3.43. The van der Waals surface area contributed by atoms with Crippen LogP contribution in [0.4, 0.5) is 4.79 Å². The van der Waals surface area contributed by atoms with Gasteiger partial charge in [0.2, 0.25) is 5.91 Å². The first kappa shape index (κ1) is 25.3. The number of para-hydroxylation sites is 1. The Balaban J connectivity index is 1.47. The van der Waals surface area contributed by atoms with Gasteiger partial charge in [-0.1, -0.05) is 66.7 Å². The summed E-state index contributed by atoms with van der Waals surface area (Å²) in [6.45, 7) is 5.42. The van der Waals surface area contributed by atoms with Crippen LogP contribution in [0.15, 0.2) is 79.0 Å². The third kappa shape index (κ3) is 4.67. The van der Waals surface area contributed by atoms with Gasteiger partial charge in [-0.25, -0.2) is 9.59 Å². The molecule has 1 aromatic heterocycles. The fourth-order valence-corrected chi connectivity index (χ4v) is 5.12. The summed E-state index contributed by atoms with van der Waals surface area (Å²) in [5.41, 5.74) is 4.53. The van der Waals surface area contributed by atoms with E-state index in [0.29, 0.717) is 5.52 Å². The smallest absolute Gasteiger partial charge is 0.419 e. The van der Waals surface area contributed by atoms with Crippen LogP contribution in [0.3, 0.4) is 0 Å². The van der Waals surface area contributed by atoms with Crippen LogP contribution in [0.5, 0.6) is 0 Å². The fourth-order valence-electron chi connectivity index (χ4n) is 5.12. The molecule has 1 amide bonds. The highest BCUT2D eigenvalue weighted by molar-refractivity contribution is 5.98. The van der Waals surface area contributed by atoms with E-state index >= 15 is 0 Å². The van der Waals surface area contributed by atoms with Crippen LogP contribution >= 0.6 is 0 Å². The van der Waals surface area contributed by atoms with Crippen molar-refractivity contribution in [2.45, 2.75) is 44.8 Å². The molecule has 0 saturated carbocycles. The standard InChI is InChI=1S/C31H30N2O5/c1-31(2,3)38-30(36)33-18-19(20-11-9-10-16-26(20)33)17-25(29(35)37-4)32-28(34)27-23-14-7-5-12-21(23)22-13-6-8-15-24(22)27/h5-16,18,25,27H,17H2,1-4H3,(H,32,34)/t25-/m1/s1. The van der Waals surface area contributed by atoms with Crippen molar-refractivity contribution in [3.63, 3.8) is 0 Å². The summed E-state index contributed by atoms with van der Waals surface area (Å²) >= 11 is 0. The minimum Gasteiger partial charge on any atom is -0.467 e. The quantitative estimate of drug-likeness (QED) is 0.362. The summed E-state index contributed by atoms with van der Waals surface area (Å²) in [7, 11) is 1.30. The lowest BCUT2D eigenvalue weighted by Crippen LogP contribution is -2.45. The fraction of sp³-hybridized carbons (Fsp3) is 0.258. The van der Waals surface area contributed by atoms with Crippen LogP contribution in [-0.4, -0.2) is 41.3 Å². The number of benzene rings is 3. The Labute approximate surface area is 221 Å². The van der Waals surface area contributed by atoms with Crippen LogP contribution in [0.25, 0.3) is 22.0 Å². The first-order valence-electron chi connectivity index (χ1n) is 12.6. The van der Waals surface area contributed by atoms with E-state index in [1.807, 2.05) is 72.8 Å². The minimum absolute atomic E-state index is 0.144. The van der Waals surface area contributed by atoms with E-state index in [2.05, 4.69) is 5.32 Å². The topological polar surface area (TPSA) is 86.6 Å². The van der Waals surface area contributed by atoms with Crippen molar-refractivity contribution in [3.05, 3.63) is 95.7 Å². The molecule has 0 unspecified atom stereocenters. The average molecular weight is 511 g/mol. The molecule has 7 nitrogen and oxygen atoms in total. The van der Waals surface area contributed by atoms with Gasteiger partial charge in [-0.3, -0.25) is 9.36 Å². The molecule has 7 heteroatoms. The number of amides is 1. The molecule has 0 saturated heterocycles. The number of esters is 1. The monoisotopic (exact) mass is 510 g/mol. The lowest BCUT2D eigenvalue weighted by molar-refractivity contribution is -0.145. The molecule has 1 heterocycles. The first-order valence-corrected chi connectivity index (χ1v) is 12.6. The number of methoxy groups -OCH3 is 1. The summed E-state index contributed by atoms with van der Waals surface area (Å²) in [6, 6.07) is 22.1. The number of nitrogens with one attached hydrogen (secondary N) is 1. The molecule has 0 fully saturated rings. The zero-order chi connectivity index (χ0) is 27.0. The maximum atomic E-state index is 13.7. The lowest BCUT2D eigenvalue weighted by Gasteiger charge is -2.20. The molecule has 194 valence electrons. The van der Waals surface area contributed by atoms with Gasteiger partial charge in [0.1, 0.15) is 11.6 Å². The number of aromatic nitrogens is 1. The molecule has 0 aliphatic heterocycles. The van der Waals surface area contributed by atoms with Crippen molar-refractivity contribution in [3.8, 4) is 11.1 Å². The second kappa shape index (κ2) is 9.82. The van der Waals surface area contributed by atoms with Crippen molar-refractivity contribution in [2.75, 3.05) is 7.11 Å². The van der Waals surface area contributed by atoms with E-state index in [0.717, 1.165) is 33.2 Å². The first-order chi connectivity index (χ1) is 18.2. The van der Waals surface area contributed by atoms with E-state index in [-0.39, 0.29) is 12.3 Å². The molecule has 0 spiro atoms. The molecule has 5 rings (SSSR count). The molecule has 1 atom stereocenters. The van der Waals surface area contributed by atoms with E-state index in [1.54, 1.807) is 27.0 Å². The number of rotatable bonds is 5. The van der Waals surface area contributed by atoms with E-state index in [9.17, 15) is 14.4 Å². The number of nitrogens with zero attached hydrogens (tertiary/aromatic N) is 1. The second-order valence-corrected chi connectivity index (χ2v) is 10.4. The van der Waals surface area contributed by atoms with Gasteiger partial charge in [-0.05, 0) is 54.7 Å². The Morgan fingerprint density at radius 3 is 2.08 bits per heavy atom. The Kier molecular flexibility index (Phi) is 6.53. The Morgan fingerprint density at radius 1 is 0.895 bits per heavy atom. The predicted molar refractivity (Wildman–Crippen MR) is 145 cm³/mol. The van der Waals surface area contributed by atoms with Crippen LogP contribution in [0, 0.1) is 0 Å². The number of ether oxygens (including phenoxy) is 2. The highest BCUT2D eigenvalue weighted by Gasteiger charge is 2.36. The molecule has 1 aliphatic carbocycles. The summed E-state index contributed by atoms with van der Waals surface area (Å²) in [5, 5.41) is 3.73. The molecular weight excluding hydrogens is 480 g/mol. The van der Waals surface area contributed by atoms with Gasteiger partial charge in [-0.2, -0.15) is 0 Å². The van der Waals surface area contributed by atoms with E-state index in [1.165, 1.54) is 11.7 Å². The van der Waals surface area contributed by atoms with Crippen molar-refractivity contribution in [2.24, 2.45) is 0 Å². The van der Waals surface area contributed by atoms with Gasteiger partial charge < -0.3 is 14.8 Å². The zero-order valence-electron chi connectivity index (χ0n) is 21.9. The van der Waals surface area contributed by atoms with Crippen LogP contribution in [-0.2, 0) is 25.5 Å². The molecule has 1 aliphatic rings. The SMILES string of the molecule is COC(=O)[C@@H](Cc1cn(C(=O)OC(C)(C)C)c2ccccc12)NC(=O)C1c2ccccc2-c2ccccc21. The summed E-state index contributed by atoms with van der Waals surface area (Å²) in [5.74, 6) is -1.39. The number of hydrogen-bond donors (Lipinski definition) is 1. The van der Waals surface area contributed by atoms with E-state index < -0.39 is 29.6 Å². The molecule has 0 bridgehead atoms. The molecule has 4 aromatic rings. The highest BCUT2D eigenvalue weighted by Crippen LogP contribution is 2.44. The van der Waals surface area contributed by atoms with Gasteiger partial charge in [0, 0.05) is 18.0 Å². The molecule has 3 aromatic carbocycles. The maximum absolute atomic E-state index is 13.7. The maximum Gasteiger partial charge on any atom is 0.419 e. The van der Waals surface area contributed by atoms with Crippen LogP contribution in [0.2, 0.25) is 0 Å². The number of fused-ring (bicyclic) bond motifs is 4. The predicted octanol–water partition coefficient (Wildman–Crippen LogP) is 5.44. The van der Waals surface area contributed by atoms with Crippen LogP contribution < -0.4 is 5.32 Å². The summed E-state index contributed by atoms with van der Waals surface area (Å²) < 4.78 is 12.1. The van der Waals surface area contributed by atoms with Crippen molar-refractivity contribution in [1.82, 2.24) is 9.88 Å². The number of hydrogen-bond acceptors (Lipinski definition) is 5. The Bertz CT molecular complexity index is 1500. The number of carbonyl (C=O) groups excluding carboxylic acids is 3. The summed E-state index contributed by atoms with van der Waals surface area (Å²) in [6.07, 6.45) is 1.30. The normalized spacial score (nSPS) is 13.5. The second-order valence-electron chi connectivity index (χ2n) is 10.4. The molecular formula is C31H30N2O5. The lowest BCUT2D eigenvalue weighted by atomic mass is 9.95. The van der Waals surface area contributed by atoms with Gasteiger partial charge in [-0.15, -0.1) is 0 Å². The third-order valence-corrected chi connectivity index (χ3v) is 6.71. The van der Waals surface area contributed by atoms with Gasteiger partial charge in [0.25, 0.3) is 0 Å². The Hall–Kier alpha value is -4.39. The van der Waals surface area contributed by atoms with Gasteiger partial charge >= 0.3 is 12.1 Å². The molecule has 1 N–H and O–H groups in total. The van der Waals surface area contributed by atoms with Crippen LogP contribution in [0.1, 0.15) is 43.4 Å². The highest BCUT2D eigenvalue weighted by atomic mass is 16.6.